The third-order valence-electron chi connectivity index (χ3n) is 3.77. The molecule has 1 saturated heterocycles. The third kappa shape index (κ3) is 4.96. The van der Waals surface area contributed by atoms with Crippen LogP contribution >= 0.6 is 0 Å². The predicted molar refractivity (Wildman–Crippen MR) is 93.4 cm³/mol. The Morgan fingerprint density at radius 2 is 1.89 bits per heavy atom. The molecular formula is C19H16FNO6. The van der Waals surface area contributed by atoms with Crippen molar-refractivity contribution in [3.05, 3.63) is 75.6 Å². The van der Waals surface area contributed by atoms with Gasteiger partial charge >= 0.3 is 11.7 Å². The van der Waals surface area contributed by atoms with Crippen LogP contribution in [0.25, 0.3) is 6.08 Å². The fraction of sp³-hybridized carbons (Fsp3) is 0.211. The fourth-order valence-corrected chi connectivity index (χ4v) is 2.47. The van der Waals surface area contributed by atoms with E-state index in [2.05, 4.69) is 0 Å². The number of rotatable bonds is 5. The van der Waals surface area contributed by atoms with Crippen molar-refractivity contribution < 1.29 is 28.3 Å². The molecule has 1 heterocycles. The number of nitro groups is 1. The van der Waals surface area contributed by atoms with Gasteiger partial charge in [-0.2, -0.15) is 0 Å². The largest absolute Gasteiger partial charge is 0.416 e. The number of nitrogens with zero attached hydrogens (tertiary/aromatic N) is 1. The normalized spacial score (nSPS) is 15.0. The highest BCUT2D eigenvalue weighted by molar-refractivity contribution is 5.89. The summed E-state index contributed by atoms with van der Waals surface area (Å²) in [6, 6.07) is 9.63. The van der Waals surface area contributed by atoms with Crippen LogP contribution in [0.2, 0.25) is 0 Å². The Hall–Kier alpha value is -3.10. The van der Waals surface area contributed by atoms with E-state index in [0.29, 0.717) is 24.3 Å². The molecule has 0 saturated carbocycles. The van der Waals surface area contributed by atoms with Gasteiger partial charge in [0.25, 0.3) is 0 Å². The van der Waals surface area contributed by atoms with E-state index in [0.717, 1.165) is 12.5 Å². The van der Waals surface area contributed by atoms with Gasteiger partial charge < -0.3 is 14.2 Å². The van der Waals surface area contributed by atoms with Crippen LogP contribution in [-0.4, -0.2) is 24.1 Å². The van der Waals surface area contributed by atoms with Crippen molar-refractivity contribution in [1.29, 1.82) is 0 Å². The molecule has 8 heteroatoms. The third-order valence-corrected chi connectivity index (χ3v) is 3.77. The summed E-state index contributed by atoms with van der Waals surface area (Å²) in [6.07, 6.45) is 2.61. The number of ether oxygens (including phenoxy) is 3. The molecule has 2 aromatic carbocycles. The number of carbonyl (C=O) groups is 1. The van der Waals surface area contributed by atoms with Crippen molar-refractivity contribution >= 4 is 17.7 Å². The van der Waals surface area contributed by atoms with E-state index in [-0.39, 0.29) is 11.4 Å². The zero-order chi connectivity index (χ0) is 19.2. The van der Waals surface area contributed by atoms with Crippen LogP contribution in [0.1, 0.15) is 23.8 Å². The van der Waals surface area contributed by atoms with Gasteiger partial charge in [-0.15, -0.1) is 0 Å². The highest BCUT2D eigenvalue weighted by Gasteiger charge is 2.23. The van der Waals surface area contributed by atoms with Crippen molar-refractivity contribution in [1.82, 2.24) is 0 Å². The zero-order valence-electron chi connectivity index (χ0n) is 14.2. The molecule has 1 fully saturated rings. The molecule has 0 radical (unpaired) electrons. The summed E-state index contributed by atoms with van der Waals surface area (Å²) in [4.78, 5) is 22.6. The standard InChI is InChI=1S/C19H16FNO6/c20-15-6-2-13(3-7-15)4-9-18(22)27-17-8-5-14(12-16(17)21(23)24)19-25-10-1-11-26-19/h2-9,12,19H,1,10-11H2/b9-4+. The van der Waals surface area contributed by atoms with Crippen LogP contribution in [0.4, 0.5) is 10.1 Å². The van der Waals surface area contributed by atoms with E-state index >= 15 is 0 Å². The number of nitro benzene ring substituents is 1. The number of benzene rings is 2. The number of esters is 1. The Morgan fingerprint density at radius 3 is 2.56 bits per heavy atom. The number of hydrogen-bond acceptors (Lipinski definition) is 6. The molecule has 0 N–H and O–H groups in total. The summed E-state index contributed by atoms with van der Waals surface area (Å²) in [6.45, 7) is 1.01. The molecule has 0 atom stereocenters. The van der Waals surface area contributed by atoms with Gasteiger partial charge in [-0.1, -0.05) is 12.1 Å². The second kappa shape index (κ2) is 8.52. The Balaban J connectivity index is 1.73. The number of halogens is 1. The van der Waals surface area contributed by atoms with Crippen molar-refractivity contribution in [3.8, 4) is 5.75 Å². The molecule has 0 bridgehead atoms. The van der Waals surface area contributed by atoms with Gasteiger partial charge in [0.2, 0.25) is 5.75 Å². The summed E-state index contributed by atoms with van der Waals surface area (Å²) in [7, 11) is 0. The Kier molecular flexibility index (Phi) is 5.90. The molecule has 0 unspecified atom stereocenters. The highest BCUT2D eigenvalue weighted by atomic mass is 19.1. The van der Waals surface area contributed by atoms with Crippen LogP contribution in [0, 0.1) is 15.9 Å². The average Bonchev–Trinajstić information content (AvgIpc) is 2.68. The Morgan fingerprint density at radius 1 is 1.19 bits per heavy atom. The summed E-state index contributed by atoms with van der Waals surface area (Å²) >= 11 is 0. The molecule has 3 rings (SSSR count). The minimum atomic E-state index is -0.791. The second-order valence-electron chi connectivity index (χ2n) is 5.72. The Labute approximate surface area is 154 Å². The topological polar surface area (TPSA) is 87.9 Å². The minimum Gasteiger partial charge on any atom is -0.416 e. The smallest absolute Gasteiger partial charge is 0.336 e. The molecule has 1 aliphatic heterocycles. The first-order chi connectivity index (χ1) is 13.0. The van der Waals surface area contributed by atoms with E-state index in [1.165, 1.54) is 42.5 Å². The lowest BCUT2D eigenvalue weighted by atomic mass is 10.1. The zero-order valence-corrected chi connectivity index (χ0v) is 14.2. The minimum absolute atomic E-state index is 0.187. The first kappa shape index (κ1) is 18.7. The maximum Gasteiger partial charge on any atom is 0.336 e. The molecule has 27 heavy (non-hydrogen) atoms. The molecule has 7 nitrogen and oxygen atoms in total. The lowest BCUT2D eigenvalue weighted by Gasteiger charge is -2.23. The first-order valence-corrected chi connectivity index (χ1v) is 8.20. The van der Waals surface area contributed by atoms with Gasteiger partial charge in [-0.25, -0.2) is 9.18 Å². The van der Waals surface area contributed by atoms with Crippen LogP contribution < -0.4 is 4.74 Å². The van der Waals surface area contributed by atoms with Gasteiger partial charge in [0, 0.05) is 17.7 Å². The summed E-state index contributed by atoms with van der Waals surface area (Å²) in [5.41, 5.74) is 0.696. The maximum absolute atomic E-state index is 12.9. The van der Waals surface area contributed by atoms with Crippen LogP contribution in [0.3, 0.4) is 0 Å². The van der Waals surface area contributed by atoms with Crippen LogP contribution in [-0.2, 0) is 14.3 Å². The predicted octanol–water partition coefficient (Wildman–Crippen LogP) is 3.79. The van der Waals surface area contributed by atoms with E-state index < -0.39 is 23.0 Å². The number of carbonyl (C=O) groups excluding carboxylic acids is 1. The molecule has 1 aliphatic rings. The summed E-state index contributed by atoms with van der Waals surface area (Å²) in [5.74, 6) is -1.37. The van der Waals surface area contributed by atoms with E-state index in [1.54, 1.807) is 6.07 Å². The Bertz CT molecular complexity index is 859. The molecule has 0 spiro atoms. The van der Waals surface area contributed by atoms with Crippen LogP contribution in [0.5, 0.6) is 5.75 Å². The SMILES string of the molecule is O=C(/C=C/c1ccc(F)cc1)Oc1ccc(C2OCCCO2)cc1[N+](=O)[O-]. The summed E-state index contributed by atoms with van der Waals surface area (Å²) < 4.78 is 28.8. The molecule has 0 amide bonds. The van der Waals surface area contributed by atoms with Gasteiger partial charge in [0.15, 0.2) is 6.29 Å². The quantitative estimate of drug-likeness (QED) is 0.261. The van der Waals surface area contributed by atoms with E-state index in [9.17, 15) is 19.3 Å². The van der Waals surface area contributed by atoms with Crippen molar-refractivity contribution in [2.45, 2.75) is 12.7 Å². The van der Waals surface area contributed by atoms with Gasteiger partial charge in [-0.05, 0) is 42.3 Å². The van der Waals surface area contributed by atoms with Crippen molar-refractivity contribution in [3.63, 3.8) is 0 Å². The van der Waals surface area contributed by atoms with Gasteiger partial charge in [-0.3, -0.25) is 10.1 Å². The van der Waals surface area contributed by atoms with Gasteiger partial charge in [0.1, 0.15) is 5.82 Å². The second-order valence-corrected chi connectivity index (χ2v) is 5.72. The summed E-state index contributed by atoms with van der Waals surface area (Å²) in [5, 5.41) is 11.3. The van der Waals surface area contributed by atoms with Crippen molar-refractivity contribution in [2.75, 3.05) is 13.2 Å². The highest BCUT2D eigenvalue weighted by Crippen LogP contribution is 2.32. The fourth-order valence-electron chi connectivity index (χ4n) is 2.47. The van der Waals surface area contributed by atoms with Crippen molar-refractivity contribution in [2.24, 2.45) is 0 Å². The first-order valence-electron chi connectivity index (χ1n) is 8.20. The molecule has 0 aromatic heterocycles. The van der Waals surface area contributed by atoms with Gasteiger partial charge in [0.05, 0.1) is 18.1 Å². The molecular weight excluding hydrogens is 357 g/mol. The van der Waals surface area contributed by atoms with E-state index in [4.69, 9.17) is 14.2 Å². The number of hydrogen-bond donors (Lipinski definition) is 0. The molecule has 2 aromatic rings. The lowest BCUT2D eigenvalue weighted by Crippen LogP contribution is -2.18. The lowest BCUT2D eigenvalue weighted by molar-refractivity contribution is -0.385. The average molecular weight is 373 g/mol. The van der Waals surface area contributed by atoms with Crippen LogP contribution in [0.15, 0.2) is 48.5 Å². The molecule has 140 valence electrons. The monoisotopic (exact) mass is 373 g/mol. The van der Waals surface area contributed by atoms with E-state index in [1.807, 2.05) is 0 Å². The molecule has 0 aliphatic carbocycles. The maximum atomic E-state index is 12.9.